The van der Waals surface area contributed by atoms with Gasteiger partial charge in [-0.05, 0) is 26.3 Å². The van der Waals surface area contributed by atoms with Crippen molar-refractivity contribution >= 4 is 0 Å². The molecule has 0 fully saturated rings. The lowest BCUT2D eigenvalue weighted by molar-refractivity contribution is -0.785. The van der Waals surface area contributed by atoms with Crippen LogP contribution in [0, 0.1) is 6.92 Å². The molecule has 0 saturated heterocycles. The van der Waals surface area contributed by atoms with Gasteiger partial charge in [-0.2, -0.15) is 0 Å². The third-order valence-corrected chi connectivity index (χ3v) is 2.96. The van der Waals surface area contributed by atoms with Gasteiger partial charge in [0.25, 0.3) is 0 Å². The Morgan fingerprint density at radius 3 is 2.58 bits per heavy atom. The van der Waals surface area contributed by atoms with Crippen molar-refractivity contribution in [1.82, 2.24) is 10.6 Å². The van der Waals surface area contributed by atoms with E-state index in [1.165, 1.54) is 11.1 Å². The van der Waals surface area contributed by atoms with Crippen LogP contribution in [0.5, 0.6) is 5.95 Å². The number of hydrogen-bond acceptors (Lipinski definition) is 4. The van der Waals surface area contributed by atoms with Gasteiger partial charge >= 0.3 is 0 Å². The molecule has 0 aliphatic heterocycles. The summed E-state index contributed by atoms with van der Waals surface area (Å²) in [5, 5.41) is 18.5. The number of nitrogens with zero attached hydrogens (tertiary/aromatic N) is 2. The molecule has 1 heterocycles. The van der Waals surface area contributed by atoms with Crippen LogP contribution >= 0.6 is 0 Å². The summed E-state index contributed by atoms with van der Waals surface area (Å²) < 4.78 is 6.31. The highest BCUT2D eigenvalue weighted by Gasteiger charge is 2.19. The molecular weight excluding hydrogens is 242 g/mol. The normalized spacial score (nSPS) is 11.2. The first kappa shape index (κ1) is 13.5. The molecule has 2 rings (SSSR count). The van der Waals surface area contributed by atoms with Gasteiger partial charge in [0.15, 0.2) is 12.0 Å². The zero-order valence-electron chi connectivity index (χ0n) is 11.5. The van der Waals surface area contributed by atoms with E-state index in [-0.39, 0.29) is 12.0 Å². The number of rotatable bonds is 5. The molecule has 0 aliphatic rings. The van der Waals surface area contributed by atoms with Crippen LogP contribution in [0.25, 0.3) is 0 Å². The van der Waals surface area contributed by atoms with E-state index in [4.69, 9.17) is 4.52 Å². The Morgan fingerprint density at radius 1 is 1.26 bits per heavy atom. The highest BCUT2D eigenvalue weighted by Crippen LogP contribution is 2.09. The van der Waals surface area contributed by atoms with Crippen molar-refractivity contribution < 1.29 is 14.3 Å². The highest BCUT2D eigenvalue weighted by molar-refractivity contribution is 5.21. The van der Waals surface area contributed by atoms with Crippen molar-refractivity contribution in [1.29, 1.82) is 0 Å². The zero-order chi connectivity index (χ0) is 13.8. The first-order chi connectivity index (χ1) is 9.08. The first-order valence-electron chi connectivity index (χ1n) is 6.41. The van der Waals surface area contributed by atoms with E-state index in [1.54, 1.807) is 4.68 Å². The van der Waals surface area contributed by atoms with Crippen LogP contribution in [0.4, 0.5) is 0 Å². The smallest absolute Gasteiger partial charge is 0.247 e. The van der Waals surface area contributed by atoms with E-state index in [0.717, 1.165) is 0 Å². The predicted molar refractivity (Wildman–Crippen MR) is 68.3 cm³/mol. The van der Waals surface area contributed by atoms with Crippen LogP contribution in [0.3, 0.4) is 0 Å². The van der Waals surface area contributed by atoms with Gasteiger partial charge in [-0.3, -0.25) is 0 Å². The average Bonchev–Trinajstić information content (AvgIpc) is 2.74. The fourth-order valence-corrected chi connectivity index (χ4v) is 1.87. The van der Waals surface area contributed by atoms with Crippen LogP contribution in [-0.4, -0.2) is 5.27 Å². The van der Waals surface area contributed by atoms with Crippen LogP contribution in [0.1, 0.15) is 36.7 Å². The van der Waals surface area contributed by atoms with Crippen molar-refractivity contribution in [2.45, 2.75) is 39.9 Å². The van der Waals surface area contributed by atoms with Crippen LogP contribution < -0.4 is 15.1 Å². The van der Waals surface area contributed by atoms with E-state index in [2.05, 4.69) is 41.8 Å². The Morgan fingerprint density at radius 2 is 1.95 bits per heavy atom. The molecule has 1 aromatic carbocycles. The third-order valence-electron chi connectivity index (χ3n) is 2.96. The van der Waals surface area contributed by atoms with Gasteiger partial charge in [0, 0.05) is 6.54 Å². The van der Waals surface area contributed by atoms with Gasteiger partial charge in [0.05, 0.1) is 11.8 Å². The highest BCUT2D eigenvalue weighted by atomic mass is 16.6. The summed E-state index contributed by atoms with van der Waals surface area (Å²) >= 11 is 0. The summed E-state index contributed by atoms with van der Waals surface area (Å²) in [5.74, 6) is -0.370. The van der Waals surface area contributed by atoms with Crippen LogP contribution in [0.2, 0.25) is 0 Å². The fraction of sp³-hybridized carbons (Fsp3) is 0.429. The second kappa shape index (κ2) is 5.84. The standard InChI is InChI=1S/C14H19N3O2/c1-10(2)17-13(14(18)19-16-17)9-15-8-12-6-4-11(3)5-7-12/h4-7,10,15H,8-9H2,1-3H3. The Labute approximate surface area is 112 Å². The van der Waals surface area contributed by atoms with E-state index in [1.807, 2.05) is 13.8 Å². The second-order valence-electron chi connectivity index (χ2n) is 4.93. The van der Waals surface area contributed by atoms with Crippen molar-refractivity contribution in [3.63, 3.8) is 0 Å². The Bertz CT molecular complexity index is 532. The lowest BCUT2D eigenvalue weighted by Crippen LogP contribution is -2.43. The number of benzene rings is 1. The lowest BCUT2D eigenvalue weighted by Gasteiger charge is -2.04. The van der Waals surface area contributed by atoms with E-state index in [0.29, 0.717) is 18.8 Å². The molecule has 2 aromatic rings. The first-order valence-corrected chi connectivity index (χ1v) is 6.41. The number of aryl methyl sites for hydroxylation is 1. The molecule has 0 unspecified atom stereocenters. The molecule has 5 heteroatoms. The van der Waals surface area contributed by atoms with E-state index >= 15 is 0 Å². The minimum Gasteiger partial charge on any atom is -0.539 e. The van der Waals surface area contributed by atoms with Gasteiger partial charge in [-0.1, -0.05) is 34.5 Å². The summed E-state index contributed by atoms with van der Waals surface area (Å²) in [5.41, 5.74) is 2.98. The lowest BCUT2D eigenvalue weighted by atomic mass is 10.1. The van der Waals surface area contributed by atoms with E-state index in [9.17, 15) is 5.11 Å². The molecule has 1 N–H and O–H groups in total. The van der Waals surface area contributed by atoms with Crippen molar-refractivity contribution in [2.75, 3.05) is 0 Å². The molecule has 5 nitrogen and oxygen atoms in total. The predicted octanol–water partition coefficient (Wildman–Crippen LogP) is 1.21. The Hall–Kier alpha value is -1.88. The van der Waals surface area contributed by atoms with E-state index < -0.39 is 0 Å². The SMILES string of the molecule is Cc1ccc(CNCc2c([O-])on[n+]2C(C)C)cc1. The van der Waals surface area contributed by atoms with Crippen LogP contribution in [0.15, 0.2) is 28.8 Å². The summed E-state index contributed by atoms with van der Waals surface area (Å²) in [6.07, 6.45) is 0. The maximum absolute atomic E-state index is 11.5. The van der Waals surface area contributed by atoms with Gasteiger partial charge in [-0.15, -0.1) is 0 Å². The molecule has 0 bridgehead atoms. The molecule has 19 heavy (non-hydrogen) atoms. The van der Waals surface area contributed by atoms with Gasteiger partial charge in [-0.25, -0.2) is 0 Å². The molecule has 0 spiro atoms. The average molecular weight is 261 g/mol. The Balaban J connectivity index is 1.96. The van der Waals surface area contributed by atoms with Crippen molar-refractivity contribution in [3.05, 3.63) is 41.1 Å². The fourth-order valence-electron chi connectivity index (χ4n) is 1.87. The minimum absolute atomic E-state index is 0.114. The Kier molecular flexibility index (Phi) is 4.16. The number of aromatic nitrogens is 2. The molecule has 0 saturated carbocycles. The quantitative estimate of drug-likeness (QED) is 0.822. The third kappa shape index (κ3) is 3.32. The molecule has 0 radical (unpaired) electrons. The summed E-state index contributed by atoms with van der Waals surface area (Å²) in [6.45, 7) is 7.15. The largest absolute Gasteiger partial charge is 0.539 e. The summed E-state index contributed by atoms with van der Waals surface area (Å²) in [7, 11) is 0. The van der Waals surface area contributed by atoms with Crippen LogP contribution in [-0.2, 0) is 13.1 Å². The molecule has 0 atom stereocenters. The van der Waals surface area contributed by atoms with Gasteiger partial charge in [0.1, 0.15) is 0 Å². The summed E-state index contributed by atoms with van der Waals surface area (Å²) in [6, 6.07) is 8.41. The summed E-state index contributed by atoms with van der Waals surface area (Å²) in [4.78, 5) is 0. The monoisotopic (exact) mass is 261 g/mol. The maximum Gasteiger partial charge on any atom is 0.247 e. The minimum atomic E-state index is -0.370. The topological polar surface area (TPSA) is 65.0 Å². The van der Waals surface area contributed by atoms with Crippen molar-refractivity contribution in [3.8, 4) is 5.95 Å². The maximum atomic E-state index is 11.5. The zero-order valence-corrected chi connectivity index (χ0v) is 11.5. The number of nitrogens with one attached hydrogen (secondary N) is 1. The molecule has 1 aromatic heterocycles. The molecule has 0 amide bonds. The molecular formula is C14H19N3O2. The molecule has 0 aliphatic carbocycles. The van der Waals surface area contributed by atoms with Gasteiger partial charge in [0.2, 0.25) is 5.69 Å². The number of hydrogen-bond donors (Lipinski definition) is 1. The van der Waals surface area contributed by atoms with Crippen molar-refractivity contribution in [2.24, 2.45) is 0 Å². The second-order valence-corrected chi connectivity index (χ2v) is 4.93. The molecule has 102 valence electrons. The van der Waals surface area contributed by atoms with Gasteiger partial charge < -0.3 is 14.9 Å².